The quantitative estimate of drug-likeness (QED) is 0.408. The van der Waals surface area contributed by atoms with E-state index < -0.39 is 0 Å². The molecule has 0 N–H and O–H groups in total. The molecule has 1 aromatic rings. The van der Waals surface area contributed by atoms with E-state index in [4.69, 9.17) is 0 Å². The molecule has 1 aliphatic rings. The van der Waals surface area contributed by atoms with Gasteiger partial charge in [0.15, 0.2) is 6.17 Å². The predicted molar refractivity (Wildman–Crippen MR) is 82.4 cm³/mol. The van der Waals surface area contributed by atoms with E-state index in [0.29, 0.717) is 23.2 Å². The first-order chi connectivity index (χ1) is 10.1. The fourth-order valence-electron chi connectivity index (χ4n) is 1.89. The second-order valence-electron chi connectivity index (χ2n) is 4.96. The van der Waals surface area contributed by atoms with Crippen LogP contribution in [0.2, 0.25) is 0 Å². The fraction of sp³-hybridized carbons (Fsp3) is 0.235. The second kappa shape index (κ2) is 10.7. The van der Waals surface area contributed by atoms with Crippen LogP contribution in [-0.2, 0) is 21.1 Å². The smallest absolute Gasteiger partial charge is 0.196 e. The van der Waals surface area contributed by atoms with Crippen LogP contribution in [0.5, 0.6) is 0 Å². The van der Waals surface area contributed by atoms with Gasteiger partial charge in [0.05, 0.1) is 6.54 Å². The Kier molecular flexibility index (Phi) is 10.2. The zero-order chi connectivity index (χ0) is 15.2. The van der Waals surface area contributed by atoms with Crippen molar-refractivity contribution in [3.63, 3.8) is 0 Å². The molecule has 0 fully saturated rings. The molecular weight excluding hydrogens is 501 g/mol. The average Bonchev–Trinajstić information content (AvgIpc) is 2.45. The van der Waals surface area contributed by atoms with Gasteiger partial charge in [0.2, 0.25) is 0 Å². The Hall–Kier alpha value is -1.05. The maximum Gasteiger partial charge on any atom is 0.196 e. The SMILES string of the molecule is CN(C)CCN=Cc1c(F)cccc1C1=C=C[C](F)C=C1.[Cl-].[Pt]. The van der Waals surface area contributed by atoms with Gasteiger partial charge in [-0.05, 0) is 32.3 Å². The number of likely N-dealkylation sites (N-methyl/N-ethyl adjacent to an activating group) is 1. The maximum absolute atomic E-state index is 14.0. The first-order valence-electron chi connectivity index (χ1n) is 6.68. The summed E-state index contributed by atoms with van der Waals surface area (Å²) in [6.07, 6.45) is 5.33. The predicted octanol–water partition coefficient (Wildman–Crippen LogP) is 0.417. The van der Waals surface area contributed by atoms with Crippen molar-refractivity contribution in [2.24, 2.45) is 4.99 Å². The number of allylic oxidation sites excluding steroid dienone is 3. The summed E-state index contributed by atoms with van der Waals surface area (Å²) in [5.74, 6) is -0.348. The third-order valence-electron chi connectivity index (χ3n) is 3.01. The zero-order valence-electron chi connectivity index (χ0n) is 12.8. The van der Waals surface area contributed by atoms with Gasteiger partial charge < -0.3 is 17.3 Å². The number of benzene rings is 1. The van der Waals surface area contributed by atoms with Crippen molar-refractivity contribution >= 4 is 11.8 Å². The molecule has 0 saturated heterocycles. The van der Waals surface area contributed by atoms with E-state index >= 15 is 0 Å². The Morgan fingerprint density at radius 3 is 2.57 bits per heavy atom. The van der Waals surface area contributed by atoms with Crippen molar-refractivity contribution in [2.45, 2.75) is 0 Å². The van der Waals surface area contributed by atoms with E-state index in [2.05, 4.69) is 10.7 Å². The normalized spacial score (nSPS) is 13.9. The molecule has 2 nitrogen and oxygen atoms in total. The molecule has 1 aliphatic carbocycles. The first kappa shape index (κ1) is 21.9. The minimum Gasteiger partial charge on any atom is -1.00 e. The van der Waals surface area contributed by atoms with Crippen molar-refractivity contribution in [1.29, 1.82) is 0 Å². The summed E-state index contributed by atoms with van der Waals surface area (Å²) in [6, 6.07) is 4.79. The molecule has 0 bridgehead atoms. The molecule has 0 atom stereocenters. The first-order valence-corrected chi connectivity index (χ1v) is 6.68. The van der Waals surface area contributed by atoms with Gasteiger partial charge in [-0.2, -0.15) is 0 Å². The molecule has 6 heteroatoms. The number of halogens is 3. The van der Waals surface area contributed by atoms with Crippen molar-refractivity contribution in [2.75, 3.05) is 27.2 Å². The maximum atomic E-state index is 14.0. The van der Waals surface area contributed by atoms with Gasteiger partial charge in [0.25, 0.3) is 0 Å². The fourth-order valence-corrected chi connectivity index (χ4v) is 1.89. The van der Waals surface area contributed by atoms with E-state index in [1.54, 1.807) is 18.2 Å². The van der Waals surface area contributed by atoms with Crippen molar-refractivity contribution in [3.05, 3.63) is 65.3 Å². The standard InChI is InChI=1S/C17H17F2N2.ClH.Pt/c1-21(2)11-10-20-12-16-15(4-3-5-17(16)19)13-6-8-14(18)9-7-13;;/h3-6,8-9,12H,10-11H2,1-2H3;1H;/p-1. The van der Waals surface area contributed by atoms with Crippen LogP contribution in [-0.4, -0.2) is 38.3 Å². The number of rotatable bonds is 5. The molecule has 127 valence electrons. The summed E-state index contributed by atoms with van der Waals surface area (Å²) < 4.78 is 27.0. The monoisotopic (exact) mass is 517 g/mol. The van der Waals surface area contributed by atoms with Gasteiger partial charge in [-0.15, -0.1) is 5.73 Å². The molecule has 0 amide bonds. The Labute approximate surface area is 156 Å². The number of hydrogen-bond donors (Lipinski definition) is 0. The Morgan fingerprint density at radius 2 is 1.96 bits per heavy atom. The van der Waals surface area contributed by atoms with Gasteiger partial charge in [-0.25, -0.2) is 8.78 Å². The number of nitrogens with zero attached hydrogens (tertiary/aromatic N) is 2. The Balaban J connectivity index is 0.00000242. The van der Waals surface area contributed by atoms with Crippen LogP contribution >= 0.6 is 0 Å². The van der Waals surface area contributed by atoms with Gasteiger partial charge in [-0.3, -0.25) is 4.99 Å². The van der Waals surface area contributed by atoms with Crippen LogP contribution in [0.25, 0.3) is 5.57 Å². The van der Waals surface area contributed by atoms with E-state index in [1.807, 2.05) is 19.0 Å². The van der Waals surface area contributed by atoms with Gasteiger partial charge in [0.1, 0.15) is 5.82 Å². The number of aliphatic imine (C=N–C) groups is 1. The third kappa shape index (κ3) is 6.53. The van der Waals surface area contributed by atoms with Crippen LogP contribution < -0.4 is 12.4 Å². The van der Waals surface area contributed by atoms with Crippen LogP contribution in [0.15, 0.2) is 47.2 Å². The van der Waals surface area contributed by atoms with Crippen LogP contribution in [0.3, 0.4) is 0 Å². The molecule has 0 unspecified atom stereocenters. The second-order valence-corrected chi connectivity index (χ2v) is 4.96. The Morgan fingerprint density at radius 1 is 1.22 bits per heavy atom. The molecule has 0 aliphatic heterocycles. The van der Waals surface area contributed by atoms with Crippen molar-refractivity contribution in [3.8, 4) is 0 Å². The third-order valence-corrected chi connectivity index (χ3v) is 3.01. The summed E-state index contributed by atoms with van der Waals surface area (Å²) in [6.45, 7) is 1.39. The van der Waals surface area contributed by atoms with Gasteiger partial charge >= 0.3 is 0 Å². The topological polar surface area (TPSA) is 15.6 Å². The summed E-state index contributed by atoms with van der Waals surface area (Å²) in [5, 5.41) is 0. The average molecular weight is 518 g/mol. The molecule has 1 aromatic carbocycles. The van der Waals surface area contributed by atoms with E-state index in [-0.39, 0.29) is 45.5 Å². The Bertz CT molecular complexity index is 635. The van der Waals surface area contributed by atoms with Gasteiger partial charge in [-0.1, -0.05) is 12.1 Å². The molecule has 0 spiro atoms. The molecule has 23 heavy (non-hydrogen) atoms. The zero-order valence-corrected chi connectivity index (χ0v) is 15.8. The van der Waals surface area contributed by atoms with Crippen LogP contribution in [0.1, 0.15) is 11.1 Å². The molecule has 1 radical (unpaired) electrons. The minimum absolute atomic E-state index is 0. The number of hydrogen-bond acceptors (Lipinski definition) is 2. The minimum atomic E-state index is -0.364. The molecule has 0 saturated carbocycles. The van der Waals surface area contributed by atoms with Crippen LogP contribution in [0.4, 0.5) is 8.78 Å². The van der Waals surface area contributed by atoms with Gasteiger partial charge in [0, 0.05) is 56.6 Å². The van der Waals surface area contributed by atoms with E-state index in [0.717, 1.165) is 6.54 Å². The van der Waals surface area contributed by atoms with E-state index in [9.17, 15) is 8.78 Å². The summed E-state index contributed by atoms with van der Waals surface area (Å²) in [7, 11) is 3.91. The molecule has 0 aromatic heterocycles. The van der Waals surface area contributed by atoms with E-state index in [1.165, 1.54) is 24.4 Å². The molecular formula is C17H17ClF2N2Pt-. The summed E-state index contributed by atoms with van der Waals surface area (Å²) in [5.41, 5.74) is 4.52. The summed E-state index contributed by atoms with van der Waals surface area (Å²) >= 11 is 0. The molecule has 0 heterocycles. The largest absolute Gasteiger partial charge is 1.00 e. The summed E-state index contributed by atoms with van der Waals surface area (Å²) in [4.78, 5) is 6.26. The molecule has 2 rings (SSSR count). The van der Waals surface area contributed by atoms with Crippen LogP contribution in [0, 0.1) is 12.0 Å². The van der Waals surface area contributed by atoms with Crippen molar-refractivity contribution in [1.82, 2.24) is 4.90 Å². The van der Waals surface area contributed by atoms with Crippen molar-refractivity contribution < 1.29 is 42.3 Å².